The van der Waals surface area contributed by atoms with Crippen LogP contribution in [-0.4, -0.2) is 17.4 Å². The minimum Gasteiger partial charge on any atom is -0.359 e. The molecule has 0 fully saturated rings. The van der Waals surface area contributed by atoms with E-state index in [1.165, 1.54) is 17.3 Å². The highest BCUT2D eigenvalue weighted by Gasteiger charge is 1.95. The number of alkyl halides is 1. The molecule has 0 rings (SSSR count). The first-order valence-electron chi connectivity index (χ1n) is 3.57. The van der Waals surface area contributed by atoms with Crippen molar-refractivity contribution in [1.29, 1.82) is 0 Å². The minimum atomic E-state index is 0.161. The second kappa shape index (κ2) is 7.31. The van der Waals surface area contributed by atoms with Crippen LogP contribution in [0, 0.1) is 0 Å². The van der Waals surface area contributed by atoms with E-state index < -0.39 is 0 Å². The lowest BCUT2D eigenvalue weighted by atomic mass is 10.2. The fourth-order valence-corrected chi connectivity index (χ4v) is 1.22. The zero-order valence-electron chi connectivity index (χ0n) is 6.32. The lowest BCUT2D eigenvalue weighted by Gasteiger charge is -1.97. The molecule has 10 heavy (non-hydrogen) atoms. The SMILES string of the molecule is CNC(=O)CCCCCI. The Morgan fingerprint density at radius 2 is 2.10 bits per heavy atom. The first-order chi connectivity index (χ1) is 4.81. The highest BCUT2D eigenvalue weighted by Crippen LogP contribution is 2.01. The molecule has 1 N–H and O–H groups in total. The van der Waals surface area contributed by atoms with Gasteiger partial charge in [-0.3, -0.25) is 4.79 Å². The molecular weight excluding hydrogens is 241 g/mol. The lowest BCUT2D eigenvalue weighted by Crippen LogP contribution is -2.16. The molecule has 0 bridgehead atoms. The molecule has 0 aromatic heterocycles. The predicted molar refractivity (Wildman–Crippen MR) is 51.4 cm³/mol. The van der Waals surface area contributed by atoms with E-state index in [-0.39, 0.29) is 5.91 Å². The summed E-state index contributed by atoms with van der Waals surface area (Å²) in [5.74, 6) is 0.161. The van der Waals surface area contributed by atoms with Crippen molar-refractivity contribution in [2.24, 2.45) is 0 Å². The normalized spacial score (nSPS) is 9.40. The first kappa shape index (κ1) is 10.2. The highest BCUT2D eigenvalue weighted by atomic mass is 127. The van der Waals surface area contributed by atoms with Gasteiger partial charge in [-0.05, 0) is 17.3 Å². The first-order valence-corrected chi connectivity index (χ1v) is 5.10. The summed E-state index contributed by atoms with van der Waals surface area (Å²) >= 11 is 2.35. The van der Waals surface area contributed by atoms with Crippen molar-refractivity contribution in [3.63, 3.8) is 0 Å². The topological polar surface area (TPSA) is 29.1 Å². The Morgan fingerprint density at radius 1 is 1.40 bits per heavy atom. The Hall–Kier alpha value is 0.200. The third kappa shape index (κ3) is 6.32. The van der Waals surface area contributed by atoms with E-state index >= 15 is 0 Å². The summed E-state index contributed by atoms with van der Waals surface area (Å²) in [6.45, 7) is 0. The highest BCUT2D eigenvalue weighted by molar-refractivity contribution is 14.1. The summed E-state index contributed by atoms with van der Waals surface area (Å²) in [6, 6.07) is 0. The Morgan fingerprint density at radius 3 is 2.60 bits per heavy atom. The lowest BCUT2D eigenvalue weighted by molar-refractivity contribution is -0.120. The van der Waals surface area contributed by atoms with Gasteiger partial charge in [-0.1, -0.05) is 29.0 Å². The van der Waals surface area contributed by atoms with Gasteiger partial charge in [0.1, 0.15) is 0 Å². The summed E-state index contributed by atoms with van der Waals surface area (Å²) in [4.78, 5) is 10.7. The average molecular weight is 255 g/mol. The van der Waals surface area contributed by atoms with Gasteiger partial charge in [-0.25, -0.2) is 0 Å². The molecule has 0 aliphatic carbocycles. The third-order valence-corrected chi connectivity index (χ3v) is 2.08. The van der Waals surface area contributed by atoms with Crippen LogP contribution < -0.4 is 5.32 Å². The number of nitrogens with one attached hydrogen (secondary N) is 1. The fourth-order valence-electron chi connectivity index (χ4n) is 0.682. The zero-order chi connectivity index (χ0) is 7.82. The Labute approximate surface area is 75.9 Å². The molecule has 0 heterocycles. The quantitative estimate of drug-likeness (QED) is 0.452. The standard InChI is InChI=1S/C7H14INO/c1-9-7(10)5-3-2-4-6-8/h2-6H2,1H3,(H,9,10). The Kier molecular flexibility index (Phi) is 7.45. The van der Waals surface area contributed by atoms with Crippen LogP contribution in [-0.2, 0) is 4.79 Å². The van der Waals surface area contributed by atoms with Gasteiger partial charge in [0, 0.05) is 13.5 Å². The van der Waals surface area contributed by atoms with Gasteiger partial charge in [0.2, 0.25) is 5.91 Å². The number of hydrogen-bond acceptors (Lipinski definition) is 1. The zero-order valence-corrected chi connectivity index (χ0v) is 8.48. The summed E-state index contributed by atoms with van der Waals surface area (Å²) in [5.41, 5.74) is 0. The van der Waals surface area contributed by atoms with Crippen LogP contribution in [0.15, 0.2) is 0 Å². The molecule has 3 heteroatoms. The molecule has 0 aromatic carbocycles. The van der Waals surface area contributed by atoms with Crippen LogP contribution >= 0.6 is 22.6 Å². The summed E-state index contributed by atoms with van der Waals surface area (Å²) in [5, 5.41) is 2.60. The average Bonchev–Trinajstić information content (AvgIpc) is 1.98. The number of halogens is 1. The van der Waals surface area contributed by atoms with Crippen LogP contribution in [0.4, 0.5) is 0 Å². The van der Waals surface area contributed by atoms with E-state index in [1.54, 1.807) is 7.05 Å². The maximum atomic E-state index is 10.7. The molecular formula is C7H14INO. The van der Waals surface area contributed by atoms with E-state index in [0.717, 1.165) is 6.42 Å². The molecule has 0 atom stereocenters. The second-order valence-corrected chi connectivity index (χ2v) is 3.25. The summed E-state index contributed by atoms with van der Waals surface area (Å²) in [7, 11) is 1.68. The summed E-state index contributed by atoms with van der Waals surface area (Å²) < 4.78 is 1.20. The van der Waals surface area contributed by atoms with Gasteiger partial charge in [0.25, 0.3) is 0 Å². The van der Waals surface area contributed by atoms with Crippen LogP contribution in [0.5, 0.6) is 0 Å². The largest absolute Gasteiger partial charge is 0.359 e. The second-order valence-electron chi connectivity index (χ2n) is 2.17. The number of carbonyl (C=O) groups is 1. The molecule has 2 nitrogen and oxygen atoms in total. The van der Waals surface area contributed by atoms with Crippen molar-refractivity contribution in [2.75, 3.05) is 11.5 Å². The van der Waals surface area contributed by atoms with Crippen molar-refractivity contribution < 1.29 is 4.79 Å². The molecule has 1 amide bonds. The molecule has 0 spiro atoms. The van der Waals surface area contributed by atoms with Gasteiger partial charge < -0.3 is 5.32 Å². The smallest absolute Gasteiger partial charge is 0.219 e. The van der Waals surface area contributed by atoms with Gasteiger partial charge in [-0.2, -0.15) is 0 Å². The number of carbonyl (C=O) groups excluding carboxylic acids is 1. The van der Waals surface area contributed by atoms with E-state index in [9.17, 15) is 4.79 Å². The summed E-state index contributed by atoms with van der Waals surface area (Å²) in [6.07, 6.45) is 4.13. The molecule has 0 aliphatic rings. The van der Waals surface area contributed by atoms with Crippen LogP contribution in [0.1, 0.15) is 25.7 Å². The van der Waals surface area contributed by atoms with Crippen molar-refractivity contribution in [3.8, 4) is 0 Å². The number of hydrogen-bond donors (Lipinski definition) is 1. The molecule has 0 saturated heterocycles. The number of unbranched alkanes of at least 4 members (excludes halogenated alkanes) is 2. The monoisotopic (exact) mass is 255 g/mol. The van der Waals surface area contributed by atoms with E-state index in [1.807, 2.05) is 0 Å². The van der Waals surface area contributed by atoms with Gasteiger partial charge in [0.05, 0.1) is 0 Å². The molecule has 0 aliphatic heterocycles. The number of rotatable bonds is 5. The van der Waals surface area contributed by atoms with Crippen LogP contribution in [0.3, 0.4) is 0 Å². The maximum Gasteiger partial charge on any atom is 0.219 e. The van der Waals surface area contributed by atoms with Gasteiger partial charge in [0.15, 0.2) is 0 Å². The maximum absolute atomic E-state index is 10.7. The molecule has 0 unspecified atom stereocenters. The third-order valence-electron chi connectivity index (χ3n) is 1.32. The molecule has 0 saturated carbocycles. The van der Waals surface area contributed by atoms with Gasteiger partial charge >= 0.3 is 0 Å². The van der Waals surface area contributed by atoms with E-state index in [2.05, 4.69) is 27.9 Å². The van der Waals surface area contributed by atoms with Crippen LogP contribution in [0.2, 0.25) is 0 Å². The van der Waals surface area contributed by atoms with Crippen molar-refractivity contribution >= 4 is 28.5 Å². The van der Waals surface area contributed by atoms with Crippen molar-refractivity contribution in [1.82, 2.24) is 5.32 Å². The molecule has 60 valence electrons. The fraction of sp³-hybridized carbons (Fsp3) is 0.857. The van der Waals surface area contributed by atoms with E-state index in [0.29, 0.717) is 6.42 Å². The van der Waals surface area contributed by atoms with Crippen molar-refractivity contribution in [3.05, 3.63) is 0 Å². The molecule has 0 radical (unpaired) electrons. The minimum absolute atomic E-state index is 0.161. The predicted octanol–water partition coefficient (Wildman–Crippen LogP) is 1.73. The molecule has 0 aromatic rings. The van der Waals surface area contributed by atoms with Crippen molar-refractivity contribution in [2.45, 2.75) is 25.7 Å². The Bertz CT molecular complexity index is 95.6. The number of amides is 1. The van der Waals surface area contributed by atoms with Gasteiger partial charge in [-0.15, -0.1) is 0 Å². The Balaban J connectivity index is 2.96. The van der Waals surface area contributed by atoms with E-state index in [4.69, 9.17) is 0 Å². The van der Waals surface area contributed by atoms with Crippen LogP contribution in [0.25, 0.3) is 0 Å².